The van der Waals surface area contributed by atoms with E-state index in [2.05, 4.69) is 50.2 Å². The predicted octanol–water partition coefficient (Wildman–Crippen LogP) is 3.03. The number of hydrogen-bond acceptors (Lipinski definition) is 6. The number of amides is 4. The normalized spacial score (nSPS) is 15.8. The largest absolute Gasteiger partial charge is 0.350 e. The van der Waals surface area contributed by atoms with Crippen LogP contribution in [0.15, 0.2) is 91.1 Å². The molecule has 4 amide bonds. The number of nitrogens with one attached hydrogen (secondary N) is 3. The quantitative estimate of drug-likeness (QED) is 0.198. The molecule has 1 saturated heterocycles. The molecule has 11 nitrogen and oxygen atoms in total. The van der Waals surface area contributed by atoms with Crippen molar-refractivity contribution in [3.8, 4) is 0 Å². The van der Waals surface area contributed by atoms with E-state index in [-0.39, 0.29) is 36.1 Å². The zero-order valence-electron chi connectivity index (χ0n) is 29.4. The lowest BCUT2D eigenvalue weighted by Gasteiger charge is -2.36. The van der Waals surface area contributed by atoms with Crippen LogP contribution in [0.4, 0.5) is 0 Å². The van der Waals surface area contributed by atoms with Crippen LogP contribution in [-0.4, -0.2) is 81.5 Å². The molecule has 3 aromatic carbocycles. The van der Waals surface area contributed by atoms with Gasteiger partial charge in [-0.2, -0.15) is 5.10 Å². The molecular weight excluding hydrogens is 642 g/mol. The van der Waals surface area contributed by atoms with Crippen molar-refractivity contribution in [1.29, 1.82) is 0 Å². The average molecular weight is 690 g/mol. The Balaban J connectivity index is 1.06. The van der Waals surface area contributed by atoms with Crippen LogP contribution in [0.1, 0.15) is 51.7 Å². The minimum absolute atomic E-state index is 0.0687. The first-order chi connectivity index (χ1) is 24.8. The first-order valence-corrected chi connectivity index (χ1v) is 17.8. The predicted molar refractivity (Wildman–Crippen MR) is 194 cm³/mol. The number of fused-ring (bicyclic) bond motifs is 1. The molecule has 1 aromatic heterocycles. The van der Waals surface area contributed by atoms with E-state index in [9.17, 15) is 19.2 Å². The maximum absolute atomic E-state index is 13.7. The fourth-order valence-corrected chi connectivity index (χ4v) is 7.05. The Labute approximate surface area is 299 Å². The summed E-state index contributed by atoms with van der Waals surface area (Å²) in [6.07, 6.45) is 3.62. The Morgan fingerprint density at radius 3 is 2.06 bits per heavy atom. The fourth-order valence-electron chi connectivity index (χ4n) is 7.05. The molecular formula is C40H47N7O4. The molecule has 4 aromatic rings. The monoisotopic (exact) mass is 689 g/mol. The smallest absolute Gasteiger partial charge is 0.270 e. The van der Waals surface area contributed by atoms with Gasteiger partial charge in [-0.25, -0.2) is 0 Å². The summed E-state index contributed by atoms with van der Waals surface area (Å²) in [5, 5.41) is 13.1. The van der Waals surface area contributed by atoms with E-state index in [1.807, 2.05) is 59.5 Å². The average Bonchev–Trinajstić information content (AvgIpc) is 3.79. The zero-order chi connectivity index (χ0) is 35.7. The number of piperazine rings is 1. The third-order valence-electron chi connectivity index (χ3n) is 9.99. The molecule has 0 radical (unpaired) electrons. The molecule has 51 heavy (non-hydrogen) atoms. The molecule has 2 heterocycles. The van der Waals surface area contributed by atoms with Gasteiger partial charge >= 0.3 is 0 Å². The van der Waals surface area contributed by atoms with Gasteiger partial charge in [0.15, 0.2) is 0 Å². The highest BCUT2D eigenvalue weighted by molar-refractivity contribution is 5.96. The number of hydrogen-bond donors (Lipinski definition) is 3. The van der Waals surface area contributed by atoms with Crippen molar-refractivity contribution < 1.29 is 19.2 Å². The Bertz CT molecular complexity index is 1790. The second-order valence-electron chi connectivity index (χ2n) is 13.5. The van der Waals surface area contributed by atoms with E-state index in [0.29, 0.717) is 44.5 Å². The number of benzene rings is 3. The molecule has 1 fully saturated rings. The van der Waals surface area contributed by atoms with E-state index in [0.717, 1.165) is 30.8 Å². The van der Waals surface area contributed by atoms with Crippen molar-refractivity contribution in [1.82, 2.24) is 35.5 Å². The highest BCUT2D eigenvalue weighted by Gasteiger charge is 2.35. The van der Waals surface area contributed by atoms with E-state index >= 15 is 0 Å². The van der Waals surface area contributed by atoms with E-state index in [4.69, 9.17) is 0 Å². The van der Waals surface area contributed by atoms with E-state index in [1.54, 1.807) is 26.2 Å². The van der Waals surface area contributed by atoms with Crippen molar-refractivity contribution in [2.75, 3.05) is 26.2 Å². The topological polar surface area (TPSA) is 129 Å². The summed E-state index contributed by atoms with van der Waals surface area (Å²) >= 11 is 0. The first-order valence-electron chi connectivity index (χ1n) is 17.8. The summed E-state index contributed by atoms with van der Waals surface area (Å²) in [7, 11) is 1.70. The van der Waals surface area contributed by atoms with Gasteiger partial charge in [0.05, 0.1) is 0 Å². The molecule has 3 N–H and O–H groups in total. The summed E-state index contributed by atoms with van der Waals surface area (Å²) < 4.78 is 1.49. The Morgan fingerprint density at radius 1 is 0.784 bits per heavy atom. The molecule has 266 valence electrons. The van der Waals surface area contributed by atoms with Crippen molar-refractivity contribution in [3.63, 3.8) is 0 Å². The molecule has 1 aliphatic heterocycles. The van der Waals surface area contributed by atoms with Gasteiger partial charge in [0.2, 0.25) is 17.7 Å². The van der Waals surface area contributed by atoms with Gasteiger partial charge in [0, 0.05) is 65.4 Å². The molecule has 1 aliphatic carbocycles. The SMILES string of the molecule is CCC(=O)NC(Cc1ccc(CNC(=O)C(NC(=O)c2ccnn2C)C2Cc3ccccc3C2)cc1)C(=O)N1CCN(Cc2ccccc2)CC1. The minimum atomic E-state index is -0.728. The standard InChI is InChI=1S/C40H47N7O4/c1-3-36(48)43-34(40(51)47-21-19-46(20-22-47)27-30-9-5-4-6-10-30)23-28-13-15-29(16-14-28)26-41-39(50)37(44-38(49)35-17-18-42-45(35)2)33-24-31-11-7-8-12-32(31)25-33/h4-18,33-34,37H,3,19-27H2,1-2H3,(H,41,50)(H,43,48)(H,44,49). The number of nitrogens with zero attached hydrogens (tertiary/aromatic N) is 4. The van der Waals surface area contributed by atoms with Crippen LogP contribution in [0, 0.1) is 5.92 Å². The molecule has 2 aliphatic rings. The van der Waals surface area contributed by atoms with Crippen LogP contribution in [0.5, 0.6) is 0 Å². The molecule has 0 saturated carbocycles. The van der Waals surface area contributed by atoms with Gasteiger partial charge in [-0.05, 0) is 52.6 Å². The number of carbonyl (C=O) groups is 4. The Kier molecular flexibility index (Phi) is 11.6. The fraction of sp³-hybridized carbons (Fsp3) is 0.375. The lowest BCUT2D eigenvalue weighted by Crippen LogP contribution is -2.55. The van der Waals surface area contributed by atoms with Gasteiger partial charge in [-0.1, -0.05) is 85.8 Å². The Morgan fingerprint density at radius 2 is 1.43 bits per heavy atom. The third-order valence-corrected chi connectivity index (χ3v) is 9.99. The summed E-state index contributed by atoms with van der Waals surface area (Å²) in [5.41, 5.74) is 5.82. The van der Waals surface area contributed by atoms with Crippen molar-refractivity contribution in [2.24, 2.45) is 13.0 Å². The zero-order valence-corrected chi connectivity index (χ0v) is 29.4. The lowest BCUT2D eigenvalue weighted by molar-refractivity contribution is -0.138. The molecule has 0 bridgehead atoms. The molecule has 0 spiro atoms. The summed E-state index contributed by atoms with van der Waals surface area (Å²) in [6.45, 7) is 5.68. The van der Waals surface area contributed by atoms with Crippen LogP contribution in [0.25, 0.3) is 0 Å². The third kappa shape index (κ3) is 9.09. The summed E-state index contributed by atoms with van der Waals surface area (Å²) in [6, 6.07) is 26.4. The molecule has 6 rings (SSSR count). The molecule has 11 heteroatoms. The van der Waals surface area contributed by atoms with Crippen molar-refractivity contribution in [3.05, 3.63) is 125 Å². The first kappa shape index (κ1) is 35.5. The van der Waals surface area contributed by atoms with Gasteiger partial charge in [0.1, 0.15) is 17.8 Å². The second kappa shape index (κ2) is 16.6. The maximum Gasteiger partial charge on any atom is 0.270 e. The van der Waals surface area contributed by atoms with Gasteiger partial charge in [-0.15, -0.1) is 0 Å². The van der Waals surface area contributed by atoms with Gasteiger partial charge in [-0.3, -0.25) is 28.8 Å². The van der Waals surface area contributed by atoms with Crippen LogP contribution in [0.3, 0.4) is 0 Å². The van der Waals surface area contributed by atoms with Gasteiger partial charge in [0.25, 0.3) is 5.91 Å². The van der Waals surface area contributed by atoms with Crippen LogP contribution in [-0.2, 0) is 53.8 Å². The highest BCUT2D eigenvalue weighted by Crippen LogP contribution is 2.29. The van der Waals surface area contributed by atoms with Crippen molar-refractivity contribution >= 4 is 23.6 Å². The molecule has 2 atom stereocenters. The van der Waals surface area contributed by atoms with E-state index in [1.165, 1.54) is 21.4 Å². The number of aromatic nitrogens is 2. The maximum atomic E-state index is 13.7. The van der Waals surface area contributed by atoms with Gasteiger partial charge < -0.3 is 20.9 Å². The number of rotatable bonds is 13. The lowest BCUT2D eigenvalue weighted by atomic mass is 9.95. The summed E-state index contributed by atoms with van der Waals surface area (Å²) in [5.74, 6) is -0.902. The van der Waals surface area contributed by atoms with E-state index < -0.39 is 12.1 Å². The summed E-state index contributed by atoms with van der Waals surface area (Å²) in [4.78, 5) is 57.2. The van der Waals surface area contributed by atoms with Crippen LogP contribution < -0.4 is 16.0 Å². The number of aryl methyl sites for hydroxylation is 1. The van der Waals surface area contributed by atoms with Crippen LogP contribution >= 0.6 is 0 Å². The minimum Gasteiger partial charge on any atom is -0.350 e. The second-order valence-corrected chi connectivity index (χ2v) is 13.5. The van der Waals surface area contributed by atoms with Crippen LogP contribution in [0.2, 0.25) is 0 Å². The molecule has 2 unspecified atom stereocenters. The number of carbonyl (C=O) groups excluding carboxylic acids is 4. The Hall–Kier alpha value is -5.29. The highest BCUT2D eigenvalue weighted by atomic mass is 16.2. The van der Waals surface area contributed by atoms with Crippen molar-refractivity contribution in [2.45, 2.75) is 57.8 Å².